The van der Waals surface area contributed by atoms with Crippen molar-refractivity contribution in [1.82, 2.24) is 5.32 Å². The van der Waals surface area contributed by atoms with E-state index in [1.807, 2.05) is 7.05 Å². The number of rotatable bonds is 7. The number of ether oxygens (including phenoxy) is 2. The molecule has 0 amide bonds. The highest BCUT2D eigenvalue weighted by atomic mass is 16.5. The fourth-order valence-corrected chi connectivity index (χ4v) is 1.97. The van der Waals surface area contributed by atoms with E-state index in [0.29, 0.717) is 6.04 Å². The van der Waals surface area contributed by atoms with Crippen molar-refractivity contribution in [2.75, 3.05) is 34.0 Å². The van der Waals surface area contributed by atoms with Crippen LogP contribution >= 0.6 is 0 Å². The summed E-state index contributed by atoms with van der Waals surface area (Å²) in [5.74, 6) is 0.815. The summed E-state index contributed by atoms with van der Waals surface area (Å²) in [5.41, 5.74) is 0. The van der Waals surface area contributed by atoms with E-state index >= 15 is 0 Å². The SMILES string of the molecule is CNC(COC)COCC1CCCC1. The van der Waals surface area contributed by atoms with E-state index in [1.165, 1.54) is 25.7 Å². The summed E-state index contributed by atoms with van der Waals surface area (Å²) in [6, 6.07) is 0.335. The van der Waals surface area contributed by atoms with Gasteiger partial charge in [0.1, 0.15) is 0 Å². The van der Waals surface area contributed by atoms with Crippen LogP contribution in [0.4, 0.5) is 0 Å². The van der Waals surface area contributed by atoms with E-state index < -0.39 is 0 Å². The maximum absolute atomic E-state index is 5.68. The third-order valence-corrected chi connectivity index (χ3v) is 2.92. The standard InChI is InChI=1S/C11H23NO2/c1-12-11(8-13-2)9-14-7-10-5-3-4-6-10/h10-12H,3-9H2,1-2H3. The molecule has 0 radical (unpaired) electrons. The minimum Gasteiger partial charge on any atom is -0.383 e. The van der Waals surface area contributed by atoms with Crippen LogP contribution in [0.1, 0.15) is 25.7 Å². The molecule has 14 heavy (non-hydrogen) atoms. The van der Waals surface area contributed by atoms with Crippen molar-refractivity contribution in [3.8, 4) is 0 Å². The van der Waals surface area contributed by atoms with E-state index in [4.69, 9.17) is 9.47 Å². The minimum absolute atomic E-state index is 0.335. The highest BCUT2D eigenvalue weighted by Gasteiger charge is 2.15. The van der Waals surface area contributed by atoms with Gasteiger partial charge in [0.15, 0.2) is 0 Å². The van der Waals surface area contributed by atoms with Gasteiger partial charge in [-0.1, -0.05) is 12.8 Å². The van der Waals surface area contributed by atoms with Crippen molar-refractivity contribution < 1.29 is 9.47 Å². The van der Waals surface area contributed by atoms with Crippen LogP contribution in [0, 0.1) is 5.92 Å². The van der Waals surface area contributed by atoms with E-state index in [0.717, 1.165) is 25.7 Å². The van der Waals surface area contributed by atoms with Gasteiger partial charge in [0.25, 0.3) is 0 Å². The van der Waals surface area contributed by atoms with Crippen molar-refractivity contribution in [2.45, 2.75) is 31.7 Å². The molecule has 3 nitrogen and oxygen atoms in total. The monoisotopic (exact) mass is 201 g/mol. The molecular weight excluding hydrogens is 178 g/mol. The molecule has 1 unspecified atom stereocenters. The lowest BCUT2D eigenvalue weighted by Crippen LogP contribution is -2.35. The van der Waals surface area contributed by atoms with Crippen LogP contribution in [0.15, 0.2) is 0 Å². The number of nitrogens with one attached hydrogen (secondary N) is 1. The maximum atomic E-state index is 5.68. The second kappa shape index (κ2) is 7.21. The molecule has 0 aromatic rings. The summed E-state index contributed by atoms with van der Waals surface area (Å²) in [5, 5.41) is 3.18. The second-order valence-corrected chi connectivity index (χ2v) is 4.13. The summed E-state index contributed by atoms with van der Waals surface area (Å²) in [6.45, 7) is 2.42. The van der Waals surface area contributed by atoms with Crippen LogP contribution in [-0.4, -0.2) is 40.0 Å². The molecule has 0 aromatic carbocycles. The summed E-state index contributed by atoms with van der Waals surface area (Å²) >= 11 is 0. The Morgan fingerprint density at radius 1 is 1.29 bits per heavy atom. The third kappa shape index (κ3) is 4.40. The van der Waals surface area contributed by atoms with E-state index in [-0.39, 0.29) is 0 Å². The van der Waals surface area contributed by atoms with Crippen LogP contribution in [0.2, 0.25) is 0 Å². The molecule has 1 rings (SSSR count). The smallest absolute Gasteiger partial charge is 0.0642 e. The van der Waals surface area contributed by atoms with Crippen LogP contribution < -0.4 is 5.32 Å². The molecular formula is C11H23NO2. The van der Waals surface area contributed by atoms with Crippen molar-refractivity contribution in [3.05, 3.63) is 0 Å². The molecule has 1 aliphatic carbocycles. The summed E-state index contributed by atoms with van der Waals surface area (Å²) in [6.07, 6.45) is 5.49. The highest BCUT2D eigenvalue weighted by molar-refractivity contribution is 4.67. The third-order valence-electron chi connectivity index (χ3n) is 2.92. The molecule has 1 aliphatic rings. The van der Waals surface area contributed by atoms with E-state index in [9.17, 15) is 0 Å². The Morgan fingerprint density at radius 2 is 2.00 bits per heavy atom. The Hall–Kier alpha value is -0.120. The van der Waals surface area contributed by atoms with E-state index in [1.54, 1.807) is 7.11 Å². The maximum Gasteiger partial charge on any atom is 0.0642 e. The zero-order valence-electron chi connectivity index (χ0n) is 9.42. The zero-order valence-corrected chi connectivity index (χ0v) is 9.42. The first-order valence-corrected chi connectivity index (χ1v) is 5.60. The first-order chi connectivity index (χ1) is 6.86. The Labute approximate surface area is 87.2 Å². The molecule has 0 heterocycles. The van der Waals surface area contributed by atoms with Crippen molar-refractivity contribution in [2.24, 2.45) is 5.92 Å². The van der Waals surface area contributed by atoms with Gasteiger partial charge in [-0.3, -0.25) is 0 Å². The lowest BCUT2D eigenvalue weighted by atomic mass is 10.1. The molecule has 1 fully saturated rings. The summed E-state index contributed by atoms with van der Waals surface area (Å²) in [4.78, 5) is 0. The number of methoxy groups -OCH3 is 1. The predicted molar refractivity (Wildman–Crippen MR) is 57.5 cm³/mol. The van der Waals surface area contributed by atoms with Crippen LogP contribution in [0.3, 0.4) is 0 Å². The summed E-state index contributed by atoms with van der Waals surface area (Å²) < 4.78 is 10.8. The zero-order chi connectivity index (χ0) is 10.2. The van der Waals surface area contributed by atoms with Crippen molar-refractivity contribution >= 4 is 0 Å². The lowest BCUT2D eigenvalue weighted by molar-refractivity contribution is 0.0586. The fourth-order valence-electron chi connectivity index (χ4n) is 1.97. The molecule has 1 saturated carbocycles. The van der Waals surface area contributed by atoms with Crippen molar-refractivity contribution in [3.63, 3.8) is 0 Å². The molecule has 0 aromatic heterocycles. The highest BCUT2D eigenvalue weighted by Crippen LogP contribution is 2.24. The van der Waals surface area contributed by atoms with Gasteiger partial charge in [-0.25, -0.2) is 0 Å². The number of likely N-dealkylation sites (N-methyl/N-ethyl adjacent to an activating group) is 1. The number of hydrogen-bond acceptors (Lipinski definition) is 3. The van der Waals surface area contributed by atoms with Gasteiger partial charge in [0.2, 0.25) is 0 Å². The van der Waals surface area contributed by atoms with Gasteiger partial charge in [0, 0.05) is 13.7 Å². The largest absolute Gasteiger partial charge is 0.383 e. The van der Waals surface area contributed by atoms with Gasteiger partial charge >= 0.3 is 0 Å². The molecule has 0 saturated heterocycles. The minimum atomic E-state index is 0.335. The van der Waals surface area contributed by atoms with Crippen LogP contribution in [0.5, 0.6) is 0 Å². The number of hydrogen-bond donors (Lipinski definition) is 1. The van der Waals surface area contributed by atoms with Gasteiger partial charge in [-0.05, 0) is 25.8 Å². The molecule has 0 spiro atoms. The predicted octanol–water partition coefficient (Wildman–Crippen LogP) is 1.43. The lowest BCUT2D eigenvalue weighted by Gasteiger charge is -2.16. The average molecular weight is 201 g/mol. The van der Waals surface area contributed by atoms with Gasteiger partial charge in [0.05, 0.1) is 19.3 Å². The Bertz CT molecular complexity index is 135. The van der Waals surface area contributed by atoms with Crippen LogP contribution in [-0.2, 0) is 9.47 Å². The Morgan fingerprint density at radius 3 is 2.57 bits per heavy atom. The molecule has 3 heteroatoms. The molecule has 1 atom stereocenters. The quantitative estimate of drug-likeness (QED) is 0.676. The molecule has 0 bridgehead atoms. The first kappa shape index (κ1) is 12.0. The Balaban J connectivity index is 2.00. The van der Waals surface area contributed by atoms with Crippen molar-refractivity contribution in [1.29, 1.82) is 0 Å². The van der Waals surface area contributed by atoms with Gasteiger partial charge in [-0.2, -0.15) is 0 Å². The van der Waals surface area contributed by atoms with E-state index in [2.05, 4.69) is 5.32 Å². The first-order valence-electron chi connectivity index (χ1n) is 5.60. The normalized spacial score (nSPS) is 20.1. The topological polar surface area (TPSA) is 30.5 Å². The Kier molecular flexibility index (Phi) is 6.15. The van der Waals surface area contributed by atoms with Crippen LogP contribution in [0.25, 0.3) is 0 Å². The van der Waals surface area contributed by atoms with Gasteiger partial charge < -0.3 is 14.8 Å². The second-order valence-electron chi connectivity index (χ2n) is 4.13. The van der Waals surface area contributed by atoms with Gasteiger partial charge in [-0.15, -0.1) is 0 Å². The molecule has 84 valence electrons. The molecule has 0 aliphatic heterocycles. The fraction of sp³-hybridized carbons (Fsp3) is 1.00. The summed E-state index contributed by atoms with van der Waals surface area (Å²) in [7, 11) is 3.67. The average Bonchev–Trinajstić information content (AvgIpc) is 2.69. The molecule has 1 N–H and O–H groups in total.